The molecule has 0 rings (SSSR count). The van der Waals surface area contributed by atoms with Gasteiger partial charge in [-0.05, 0) is 27.7 Å². The van der Waals surface area contributed by atoms with Gasteiger partial charge in [0.1, 0.15) is 0 Å². The summed E-state index contributed by atoms with van der Waals surface area (Å²) in [6.45, 7) is 6.19. The molecule has 2 radical (unpaired) electrons. The summed E-state index contributed by atoms with van der Waals surface area (Å²) in [5.41, 5.74) is 0. The van der Waals surface area contributed by atoms with Crippen LogP contribution in [0.5, 0.6) is 0 Å². The summed E-state index contributed by atoms with van der Waals surface area (Å²) in [4.78, 5) is 0. The van der Waals surface area contributed by atoms with Crippen molar-refractivity contribution in [1.29, 1.82) is 0 Å². The van der Waals surface area contributed by atoms with Gasteiger partial charge >= 0.3 is 0 Å². The van der Waals surface area contributed by atoms with Crippen LogP contribution in [0.2, 0.25) is 0 Å². The van der Waals surface area contributed by atoms with E-state index in [1.54, 1.807) is 27.7 Å². The predicted molar refractivity (Wildman–Crippen MR) is 46.7 cm³/mol. The molecule has 14 heavy (non-hydrogen) atoms. The van der Waals surface area contributed by atoms with Gasteiger partial charge in [-0.3, -0.25) is 0 Å². The molecule has 0 saturated heterocycles. The summed E-state index contributed by atoms with van der Waals surface area (Å²) in [6, 6.07) is 0. The van der Waals surface area contributed by atoms with Crippen molar-refractivity contribution in [1.82, 2.24) is 0 Å². The molecule has 0 aromatic heterocycles. The quantitative estimate of drug-likeness (QED) is 0.398. The van der Waals surface area contributed by atoms with Gasteiger partial charge in [0.05, 0.1) is 24.4 Å². The van der Waals surface area contributed by atoms with Crippen LogP contribution in [0.15, 0.2) is 0 Å². The van der Waals surface area contributed by atoms with E-state index in [4.69, 9.17) is 20.4 Å². The fourth-order valence-electron chi connectivity index (χ4n) is 0. The zero-order valence-electron chi connectivity index (χ0n) is 8.70. The van der Waals surface area contributed by atoms with Crippen LogP contribution in [0.1, 0.15) is 27.7 Å². The Hall–Kier alpha value is 1.32. The Morgan fingerprint density at radius 3 is 0.643 bits per heavy atom. The maximum atomic E-state index is 8.38. The molecule has 0 bridgehead atoms. The van der Waals surface area contributed by atoms with Crippen molar-refractivity contribution in [3.63, 3.8) is 0 Å². The molecule has 4 nitrogen and oxygen atoms in total. The van der Waals surface area contributed by atoms with Crippen molar-refractivity contribution in [2.24, 2.45) is 0 Å². The van der Waals surface area contributed by atoms with Crippen LogP contribution in [0, 0.1) is 0 Å². The van der Waals surface area contributed by atoms with Gasteiger partial charge in [-0.25, -0.2) is 0 Å². The van der Waals surface area contributed by atoms with Gasteiger partial charge in [-0.2, -0.15) is 0 Å². The van der Waals surface area contributed by atoms with Crippen LogP contribution in [0.3, 0.4) is 0 Å². The summed E-state index contributed by atoms with van der Waals surface area (Å²) in [5, 5.41) is 33.5. The molecular weight excluding hydrogens is 465 g/mol. The molecular formula is C8H20AgAuO4. The molecule has 0 fully saturated rings. The Bertz CT molecular complexity index is 75.3. The van der Waals surface area contributed by atoms with Crippen LogP contribution >= 0.6 is 0 Å². The summed E-state index contributed by atoms with van der Waals surface area (Å²) in [7, 11) is 0. The number of hydrogen-bond acceptors (Lipinski definition) is 4. The van der Waals surface area contributed by atoms with Crippen LogP contribution in [0.25, 0.3) is 0 Å². The first kappa shape index (κ1) is 24.5. The SMILES string of the molecule is CC(O)C(C)O.CC(O)C(C)O.[Ag].[Au]. The van der Waals surface area contributed by atoms with Crippen molar-refractivity contribution < 1.29 is 65.2 Å². The van der Waals surface area contributed by atoms with Gasteiger partial charge in [0.2, 0.25) is 0 Å². The summed E-state index contributed by atoms with van der Waals surface area (Å²) in [6.07, 6.45) is -2.37. The van der Waals surface area contributed by atoms with Crippen LogP contribution < -0.4 is 0 Å². The van der Waals surface area contributed by atoms with Crippen LogP contribution in [-0.4, -0.2) is 44.8 Å². The van der Waals surface area contributed by atoms with Crippen molar-refractivity contribution in [3.8, 4) is 0 Å². The number of aliphatic hydroxyl groups excluding tert-OH is 4. The van der Waals surface area contributed by atoms with E-state index in [2.05, 4.69) is 0 Å². The largest absolute Gasteiger partial charge is 0.391 e. The van der Waals surface area contributed by atoms with E-state index in [0.29, 0.717) is 0 Å². The standard InChI is InChI=1S/2C4H10O2.Ag.Au/c2*1-3(5)4(2)6;;/h2*3-6H,1-2H3;;. The molecule has 0 aliphatic heterocycles. The smallest absolute Gasteiger partial charge is 0.0768 e. The monoisotopic (exact) mass is 484 g/mol. The van der Waals surface area contributed by atoms with E-state index < -0.39 is 24.4 Å². The summed E-state index contributed by atoms with van der Waals surface area (Å²) >= 11 is 0. The summed E-state index contributed by atoms with van der Waals surface area (Å²) < 4.78 is 0. The number of hydrogen-bond donors (Lipinski definition) is 4. The van der Waals surface area contributed by atoms with Gasteiger partial charge in [-0.1, -0.05) is 0 Å². The Morgan fingerprint density at radius 2 is 0.643 bits per heavy atom. The van der Waals surface area contributed by atoms with Crippen molar-refractivity contribution in [2.45, 2.75) is 52.1 Å². The Morgan fingerprint density at radius 1 is 0.571 bits per heavy atom. The van der Waals surface area contributed by atoms with Gasteiger partial charge in [0, 0.05) is 44.8 Å². The van der Waals surface area contributed by atoms with Gasteiger partial charge in [0.25, 0.3) is 0 Å². The van der Waals surface area contributed by atoms with Gasteiger partial charge < -0.3 is 20.4 Å². The van der Waals surface area contributed by atoms with Crippen molar-refractivity contribution >= 4 is 0 Å². The van der Waals surface area contributed by atoms with Crippen LogP contribution in [0.4, 0.5) is 0 Å². The van der Waals surface area contributed by atoms with E-state index in [-0.39, 0.29) is 44.8 Å². The number of aliphatic hydroxyl groups is 4. The Labute approximate surface area is 117 Å². The zero-order valence-corrected chi connectivity index (χ0v) is 12.3. The maximum absolute atomic E-state index is 8.38. The number of rotatable bonds is 2. The Balaban J connectivity index is -0.0000000625. The normalized spacial score (nSPS) is 17.1. The van der Waals surface area contributed by atoms with E-state index in [1.807, 2.05) is 0 Å². The Kier molecular flexibility index (Phi) is 25.1. The molecule has 4 N–H and O–H groups in total. The van der Waals surface area contributed by atoms with Crippen molar-refractivity contribution in [3.05, 3.63) is 0 Å². The molecule has 0 saturated carbocycles. The first-order valence-electron chi connectivity index (χ1n) is 4.01. The maximum Gasteiger partial charge on any atom is 0.0768 e. The minimum Gasteiger partial charge on any atom is -0.391 e. The zero-order chi connectivity index (χ0) is 10.3. The molecule has 0 amide bonds. The van der Waals surface area contributed by atoms with E-state index >= 15 is 0 Å². The molecule has 0 aromatic carbocycles. The van der Waals surface area contributed by atoms with Gasteiger partial charge in [0.15, 0.2) is 0 Å². The molecule has 0 spiro atoms. The molecule has 0 aliphatic carbocycles. The molecule has 4 atom stereocenters. The minimum absolute atomic E-state index is 0. The summed E-state index contributed by atoms with van der Waals surface area (Å²) in [5.74, 6) is 0. The molecule has 98 valence electrons. The average Bonchev–Trinajstić information content (AvgIpc) is 1.88. The average molecular weight is 485 g/mol. The molecule has 0 heterocycles. The third-order valence-corrected chi connectivity index (χ3v) is 1.40. The third kappa shape index (κ3) is 23.3. The van der Waals surface area contributed by atoms with Crippen LogP contribution in [-0.2, 0) is 44.8 Å². The van der Waals surface area contributed by atoms with Crippen molar-refractivity contribution in [2.75, 3.05) is 0 Å². The van der Waals surface area contributed by atoms with E-state index in [9.17, 15) is 0 Å². The minimum atomic E-state index is -0.593. The van der Waals surface area contributed by atoms with E-state index in [1.165, 1.54) is 0 Å². The second-order valence-electron chi connectivity index (χ2n) is 2.96. The first-order chi connectivity index (χ1) is 5.29. The molecule has 4 unspecified atom stereocenters. The second kappa shape index (κ2) is 14.3. The first-order valence-corrected chi connectivity index (χ1v) is 4.01. The topological polar surface area (TPSA) is 80.9 Å². The molecule has 6 heteroatoms. The fraction of sp³-hybridized carbons (Fsp3) is 1.00. The van der Waals surface area contributed by atoms with Gasteiger partial charge in [-0.15, -0.1) is 0 Å². The predicted octanol–water partition coefficient (Wildman–Crippen LogP) is -0.509. The van der Waals surface area contributed by atoms with E-state index in [0.717, 1.165) is 0 Å². The molecule has 0 aromatic rings. The fourth-order valence-corrected chi connectivity index (χ4v) is 0. The second-order valence-corrected chi connectivity index (χ2v) is 2.96. The third-order valence-electron chi connectivity index (χ3n) is 1.40. The molecule has 0 aliphatic rings.